The third kappa shape index (κ3) is 4.89. The molecule has 1 heterocycles. The third-order valence-electron chi connectivity index (χ3n) is 4.42. The van der Waals surface area contributed by atoms with E-state index < -0.39 is 5.97 Å². The van der Waals surface area contributed by atoms with Gasteiger partial charge in [-0.2, -0.15) is 0 Å². The Morgan fingerprint density at radius 1 is 1.07 bits per heavy atom. The van der Waals surface area contributed by atoms with Crippen LogP contribution in [0.3, 0.4) is 0 Å². The van der Waals surface area contributed by atoms with Gasteiger partial charge in [-0.05, 0) is 79.2 Å². The Kier molecular flexibility index (Phi) is 6.09. The van der Waals surface area contributed by atoms with E-state index in [1.54, 1.807) is 30.3 Å². The third-order valence-corrected chi connectivity index (χ3v) is 4.62. The Bertz CT molecular complexity index is 1070. The summed E-state index contributed by atoms with van der Waals surface area (Å²) in [5.41, 5.74) is 4.03. The maximum Gasteiger partial charge on any atom is 0.371 e. The van der Waals surface area contributed by atoms with Gasteiger partial charge in [0.2, 0.25) is 5.76 Å². The van der Waals surface area contributed by atoms with Crippen molar-refractivity contribution in [3.05, 3.63) is 77.0 Å². The molecule has 0 unspecified atom stereocenters. The van der Waals surface area contributed by atoms with Gasteiger partial charge in [0.25, 0.3) is 5.91 Å². The second-order valence-electron chi connectivity index (χ2n) is 6.46. The van der Waals surface area contributed by atoms with Crippen LogP contribution < -0.4 is 10.6 Å². The van der Waals surface area contributed by atoms with E-state index in [2.05, 4.69) is 17.6 Å². The van der Waals surface area contributed by atoms with Gasteiger partial charge >= 0.3 is 5.97 Å². The number of carboxylic acid groups (broad SMARTS) is 1. The first-order valence-electron chi connectivity index (χ1n) is 9.02. The molecule has 2 aromatic carbocycles. The molecule has 0 aliphatic heterocycles. The van der Waals surface area contributed by atoms with Crippen molar-refractivity contribution in [1.82, 2.24) is 5.32 Å². The summed E-state index contributed by atoms with van der Waals surface area (Å²) in [5.74, 6) is -1.04. The molecule has 29 heavy (non-hydrogen) atoms. The highest BCUT2D eigenvalue weighted by atomic mass is 32.1. The van der Waals surface area contributed by atoms with Crippen molar-refractivity contribution in [2.24, 2.45) is 0 Å². The van der Waals surface area contributed by atoms with Gasteiger partial charge in [0, 0.05) is 16.8 Å². The van der Waals surface area contributed by atoms with E-state index >= 15 is 0 Å². The number of anilines is 1. The molecule has 0 bridgehead atoms. The predicted molar refractivity (Wildman–Crippen MR) is 115 cm³/mol. The van der Waals surface area contributed by atoms with Crippen LogP contribution in [0.4, 0.5) is 5.69 Å². The van der Waals surface area contributed by atoms with E-state index in [9.17, 15) is 9.59 Å². The second kappa shape index (κ2) is 8.70. The van der Waals surface area contributed by atoms with Crippen molar-refractivity contribution in [1.29, 1.82) is 0 Å². The molecule has 7 heteroatoms. The highest BCUT2D eigenvalue weighted by Gasteiger charge is 2.13. The van der Waals surface area contributed by atoms with Gasteiger partial charge in [0.15, 0.2) is 5.11 Å². The summed E-state index contributed by atoms with van der Waals surface area (Å²) in [7, 11) is 0. The lowest BCUT2D eigenvalue weighted by atomic mass is 10.1. The molecule has 0 saturated carbocycles. The zero-order valence-corrected chi connectivity index (χ0v) is 16.8. The summed E-state index contributed by atoms with van der Waals surface area (Å²) in [6, 6.07) is 15.8. The number of rotatable bonds is 5. The van der Waals surface area contributed by atoms with E-state index in [-0.39, 0.29) is 16.8 Å². The van der Waals surface area contributed by atoms with Gasteiger partial charge in [-0.1, -0.05) is 19.1 Å². The lowest BCUT2D eigenvalue weighted by molar-refractivity contribution is 0.0663. The van der Waals surface area contributed by atoms with Crippen molar-refractivity contribution in [3.8, 4) is 11.3 Å². The van der Waals surface area contributed by atoms with Crippen molar-refractivity contribution in [2.45, 2.75) is 20.3 Å². The number of aryl methyl sites for hydroxylation is 2. The normalized spacial score (nSPS) is 10.4. The topological polar surface area (TPSA) is 91.6 Å². The maximum absolute atomic E-state index is 12.3. The van der Waals surface area contributed by atoms with Gasteiger partial charge in [0.1, 0.15) is 5.76 Å². The van der Waals surface area contributed by atoms with Crippen LogP contribution in [-0.4, -0.2) is 22.1 Å². The zero-order chi connectivity index (χ0) is 21.0. The Morgan fingerprint density at radius 3 is 2.38 bits per heavy atom. The van der Waals surface area contributed by atoms with Crippen molar-refractivity contribution < 1.29 is 19.1 Å². The van der Waals surface area contributed by atoms with Crippen molar-refractivity contribution in [2.75, 3.05) is 5.32 Å². The molecule has 0 spiro atoms. The molecule has 0 aliphatic carbocycles. The fourth-order valence-corrected chi connectivity index (χ4v) is 3.06. The molecule has 6 nitrogen and oxygen atoms in total. The molecular weight excluding hydrogens is 388 g/mol. The summed E-state index contributed by atoms with van der Waals surface area (Å²) < 4.78 is 5.35. The Morgan fingerprint density at radius 2 is 1.79 bits per heavy atom. The first-order chi connectivity index (χ1) is 13.9. The van der Waals surface area contributed by atoms with Gasteiger partial charge in [-0.15, -0.1) is 0 Å². The van der Waals surface area contributed by atoms with Gasteiger partial charge < -0.3 is 14.8 Å². The first-order valence-corrected chi connectivity index (χ1v) is 9.43. The van der Waals surface area contributed by atoms with Crippen molar-refractivity contribution in [3.63, 3.8) is 0 Å². The highest BCUT2D eigenvalue weighted by molar-refractivity contribution is 7.80. The standard InChI is InChI=1S/C22H20N2O4S/c1-3-14-4-6-15(7-5-14)20(25)24-22(29)23-16-8-9-17(13(2)12-16)18-10-11-19(28-18)21(26)27/h4-12H,3H2,1-2H3,(H,26,27)(H2,23,24,25,29). The van der Waals surface area contributed by atoms with E-state index in [4.69, 9.17) is 21.7 Å². The number of hydrogen-bond donors (Lipinski definition) is 3. The number of furan rings is 1. The van der Waals surface area contributed by atoms with Crippen LogP contribution in [0.5, 0.6) is 0 Å². The average molecular weight is 408 g/mol. The minimum atomic E-state index is -1.11. The smallest absolute Gasteiger partial charge is 0.371 e. The van der Waals surface area contributed by atoms with E-state index in [1.165, 1.54) is 6.07 Å². The molecule has 0 atom stereocenters. The van der Waals surface area contributed by atoms with Crippen LogP contribution in [0.15, 0.2) is 59.0 Å². The number of carbonyl (C=O) groups is 2. The highest BCUT2D eigenvalue weighted by Crippen LogP contribution is 2.27. The molecule has 0 saturated heterocycles. The fourth-order valence-electron chi connectivity index (χ4n) is 2.84. The summed E-state index contributed by atoms with van der Waals surface area (Å²) >= 11 is 5.24. The summed E-state index contributed by atoms with van der Waals surface area (Å²) in [6.07, 6.45) is 0.910. The predicted octanol–water partition coefficient (Wildman–Crippen LogP) is 4.64. The number of carboxylic acids is 1. The van der Waals surface area contributed by atoms with Gasteiger partial charge in [-0.25, -0.2) is 4.79 Å². The zero-order valence-electron chi connectivity index (χ0n) is 16.0. The monoisotopic (exact) mass is 408 g/mol. The lowest BCUT2D eigenvalue weighted by Crippen LogP contribution is -2.34. The molecule has 0 radical (unpaired) electrons. The quantitative estimate of drug-likeness (QED) is 0.533. The molecular formula is C22H20N2O4S. The number of benzene rings is 2. The van der Waals surface area contributed by atoms with Gasteiger partial charge in [-0.3, -0.25) is 10.1 Å². The summed E-state index contributed by atoms with van der Waals surface area (Å²) in [4.78, 5) is 23.3. The molecule has 3 N–H and O–H groups in total. The van der Waals surface area contributed by atoms with Crippen LogP contribution in [-0.2, 0) is 6.42 Å². The second-order valence-corrected chi connectivity index (χ2v) is 6.87. The maximum atomic E-state index is 12.3. The molecule has 148 valence electrons. The molecule has 1 aromatic heterocycles. The average Bonchev–Trinajstić information content (AvgIpc) is 3.18. The fraction of sp³-hybridized carbons (Fsp3) is 0.136. The first kappa shape index (κ1) is 20.3. The summed E-state index contributed by atoms with van der Waals surface area (Å²) in [6.45, 7) is 3.93. The van der Waals surface area contributed by atoms with E-state index in [0.717, 1.165) is 23.1 Å². The molecule has 1 amide bonds. The number of hydrogen-bond acceptors (Lipinski definition) is 4. The van der Waals surface area contributed by atoms with Crippen LogP contribution in [0.2, 0.25) is 0 Å². The number of nitrogens with one attached hydrogen (secondary N) is 2. The Hall–Kier alpha value is -3.45. The number of thiocarbonyl (C=S) groups is 1. The Balaban J connectivity index is 1.66. The molecule has 3 aromatic rings. The minimum absolute atomic E-state index is 0.113. The number of amides is 1. The van der Waals surface area contributed by atoms with Crippen LogP contribution in [0, 0.1) is 6.92 Å². The molecule has 0 aliphatic rings. The lowest BCUT2D eigenvalue weighted by Gasteiger charge is -2.12. The number of aromatic carboxylic acids is 1. The minimum Gasteiger partial charge on any atom is -0.475 e. The van der Waals surface area contributed by atoms with Crippen LogP contribution >= 0.6 is 12.2 Å². The van der Waals surface area contributed by atoms with Gasteiger partial charge in [0.05, 0.1) is 0 Å². The number of carbonyl (C=O) groups excluding carboxylic acids is 1. The van der Waals surface area contributed by atoms with Crippen LogP contribution in [0.1, 0.15) is 39.0 Å². The Labute approximate surface area is 173 Å². The largest absolute Gasteiger partial charge is 0.475 e. The SMILES string of the molecule is CCc1ccc(C(=O)NC(=S)Nc2ccc(-c3ccc(C(=O)O)o3)c(C)c2)cc1. The van der Waals surface area contributed by atoms with Crippen molar-refractivity contribution >= 4 is 34.9 Å². The molecule has 3 rings (SSSR count). The molecule has 0 fully saturated rings. The van der Waals surface area contributed by atoms with E-state index in [1.807, 2.05) is 25.1 Å². The van der Waals surface area contributed by atoms with E-state index in [0.29, 0.717) is 17.0 Å². The summed E-state index contributed by atoms with van der Waals surface area (Å²) in [5, 5.41) is 14.8. The van der Waals surface area contributed by atoms with Crippen LogP contribution in [0.25, 0.3) is 11.3 Å².